The molecule has 0 aromatic heterocycles. The number of rotatable bonds is 2. The molecule has 118 valence electrons. The minimum absolute atomic E-state index is 0.128. The Hall–Kier alpha value is -2.49. The van der Waals surface area contributed by atoms with E-state index in [2.05, 4.69) is 13.0 Å². The zero-order chi connectivity index (χ0) is 15.8. The molecule has 2 aliphatic heterocycles. The van der Waals surface area contributed by atoms with Gasteiger partial charge in [0.05, 0.1) is 6.42 Å². The summed E-state index contributed by atoms with van der Waals surface area (Å²) in [6.45, 7) is 3.25. The van der Waals surface area contributed by atoms with E-state index < -0.39 is 0 Å². The van der Waals surface area contributed by atoms with Gasteiger partial charge in [-0.05, 0) is 41.7 Å². The first kappa shape index (κ1) is 14.1. The van der Waals surface area contributed by atoms with Gasteiger partial charge >= 0.3 is 0 Å². The maximum absolute atomic E-state index is 12.8. The van der Waals surface area contributed by atoms with Crippen LogP contribution in [0, 0.1) is 0 Å². The average Bonchev–Trinajstić information content (AvgIpc) is 3.03. The van der Waals surface area contributed by atoms with Gasteiger partial charge in [-0.3, -0.25) is 4.79 Å². The number of fused-ring (bicyclic) bond motifs is 2. The number of amides is 1. The van der Waals surface area contributed by atoms with Crippen molar-refractivity contribution in [3.05, 3.63) is 53.6 Å². The van der Waals surface area contributed by atoms with Gasteiger partial charge in [-0.25, -0.2) is 0 Å². The topological polar surface area (TPSA) is 38.8 Å². The van der Waals surface area contributed by atoms with Crippen molar-refractivity contribution in [2.45, 2.75) is 25.7 Å². The molecule has 2 aliphatic rings. The number of hydrogen-bond acceptors (Lipinski definition) is 3. The molecule has 2 aromatic rings. The van der Waals surface area contributed by atoms with Crippen LogP contribution in [0.25, 0.3) is 0 Å². The SMILES string of the molecule is C[C@H]1CCN(C(=O)Cc2ccc3c(c2)OCO3)c2ccccc21. The quantitative estimate of drug-likeness (QED) is 0.852. The van der Waals surface area contributed by atoms with Crippen LogP contribution in [0.3, 0.4) is 0 Å². The zero-order valence-electron chi connectivity index (χ0n) is 13.1. The molecule has 0 saturated heterocycles. The molecule has 1 amide bonds. The van der Waals surface area contributed by atoms with Gasteiger partial charge in [-0.15, -0.1) is 0 Å². The van der Waals surface area contributed by atoms with Crippen molar-refractivity contribution >= 4 is 11.6 Å². The Morgan fingerprint density at radius 1 is 1.17 bits per heavy atom. The number of nitrogens with zero attached hydrogens (tertiary/aromatic N) is 1. The van der Waals surface area contributed by atoms with Crippen molar-refractivity contribution in [3.63, 3.8) is 0 Å². The Bertz CT molecular complexity index is 756. The van der Waals surface area contributed by atoms with Gasteiger partial charge in [-0.2, -0.15) is 0 Å². The fourth-order valence-electron chi connectivity index (χ4n) is 3.33. The second kappa shape index (κ2) is 5.61. The molecule has 0 saturated carbocycles. The first-order valence-corrected chi connectivity index (χ1v) is 8.00. The molecule has 2 heterocycles. The Kier molecular flexibility index (Phi) is 3.45. The van der Waals surface area contributed by atoms with Crippen LogP contribution in [0.2, 0.25) is 0 Å². The summed E-state index contributed by atoms with van der Waals surface area (Å²) < 4.78 is 10.7. The van der Waals surface area contributed by atoms with Gasteiger partial charge in [0.15, 0.2) is 11.5 Å². The van der Waals surface area contributed by atoms with Gasteiger partial charge < -0.3 is 14.4 Å². The number of ether oxygens (including phenoxy) is 2. The molecule has 0 fully saturated rings. The standard InChI is InChI=1S/C19H19NO3/c1-13-8-9-20(16-5-3-2-4-15(13)16)19(21)11-14-6-7-17-18(10-14)23-12-22-17/h2-7,10,13H,8-9,11-12H2,1H3/t13-/m0/s1. The van der Waals surface area contributed by atoms with Crippen LogP contribution in [-0.4, -0.2) is 19.2 Å². The average molecular weight is 309 g/mol. The van der Waals surface area contributed by atoms with Crippen LogP contribution in [0.15, 0.2) is 42.5 Å². The lowest BCUT2D eigenvalue weighted by Gasteiger charge is -2.33. The highest BCUT2D eigenvalue weighted by Crippen LogP contribution is 2.36. The minimum Gasteiger partial charge on any atom is -0.454 e. The van der Waals surface area contributed by atoms with Crippen LogP contribution in [0.1, 0.15) is 30.4 Å². The summed E-state index contributed by atoms with van der Waals surface area (Å²) in [5.74, 6) is 2.10. The van der Waals surface area contributed by atoms with Crippen molar-refractivity contribution in [3.8, 4) is 11.5 Å². The zero-order valence-corrected chi connectivity index (χ0v) is 13.1. The van der Waals surface area contributed by atoms with Gasteiger partial charge in [-0.1, -0.05) is 31.2 Å². The van der Waals surface area contributed by atoms with Gasteiger partial charge in [0.1, 0.15) is 0 Å². The second-order valence-corrected chi connectivity index (χ2v) is 6.16. The molecule has 2 aromatic carbocycles. The Morgan fingerprint density at radius 2 is 2.00 bits per heavy atom. The third kappa shape index (κ3) is 2.54. The number of para-hydroxylation sites is 1. The highest BCUT2D eigenvalue weighted by Gasteiger charge is 2.26. The van der Waals surface area contributed by atoms with Crippen molar-refractivity contribution < 1.29 is 14.3 Å². The Balaban J connectivity index is 1.57. The third-order valence-electron chi connectivity index (χ3n) is 4.64. The fourth-order valence-corrected chi connectivity index (χ4v) is 3.33. The summed E-state index contributed by atoms with van der Waals surface area (Å²) in [6, 6.07) is 13.9. The molecule has 4 heteroatoms. The smallest absolute Gasteiger partial charge is 0.231 e. The normalized spacial score (nSPS) is 18.7. The van der Waals surface area contributed by atoms with E-state index in [0.717, 1.165) is 35.7 Å². The number of carbonyl (C=O) groups is 1. The Labute approximate surface area is 135 Å². The molecular weight excluding hydrogens is 290 g/mol. The number of anilines is 1. The molecular formula is C19H19NO3. The van der Waals surface area contributed by atoms with Crippen LogP contribution < -0.4 is 14.4 Å². The molecule has 0 bridgehead atoms. The van der Waals surface area contributed by atoms with E-state index in [9.17, 15) is 4.79 Å². The highest BCUT2D eigenvalue weighted by molar-refractivity contribution is 5.96. The number of benzene rings is 2. The van der Waals surface area contributed by atoms with Gasteiger partial charge in [0.25, 0.3) is 0 Å². The highest BCUT2D eigenvalue weighted by atomic mass is 16.7. The fraction of sp³-hybridized carbons (Fsp3) is 0.316. The summed E-state index contributed by atoms with van der Waals surface area (Å²) in [6.07, 6.45) is 1.38. The van der Waals surface area contributed by atoms with Crippen molar-refractivity contribution in [2.75, 3.05) is 18.2 Å². The molecule has 0 N–H and O–H groups in total. The maximum Gasteiger partial charge on any atom is 0.231 e. The summed E-state index contributed by atoms with van der Waals surface area (Å²) in [5.41, 5.74) is 3.27. The van der Waals surface area contributed by atoms with Gasteiger partial charge in [0.2, 0.25) is 12.7 Å². The molecule has 0 radical (unpaired) electrons. The van der Waals surface area contributed by atoms with E-state index in [1.807, 2.05) is 41.3 Å². The lowest BCUT2D eigenvalue weighted by molar-refractivity contribution is -0.118. The lowest BCUT2D eigenvalue weighted by Crippen LogP contribution is -2.37. The monoisotopic (exact) mass is 309 g/mol. The van der Waals surface area contributed by atoms with E-state index in [0.29, 0.717) is 12.3 Å². The van der Waals surface area contributed by atoms with E-state index >= 15 is 0 Å². The predicted molar refractivity (Wildman–Crippen MR) is 88.1 cm³/mol. The molecule has 0 unspecified atom stereocenters. The van der Waals surface area contributed by atoms with Crippen molar-refractivity contribution in [1.29, 1.82) is 0 Å². The van der Waals surface area contributed by atoms with E-state index in [-0.39, 0.29) is 12.7 Å². The van der Waals surface area contributed by atoms with Crippen LogP contribution in [0.5, 0.6) is 11.5 Å². The summed E-state index contributed by atoms with van der Waals surface area (Å²) in [5, 5.41) is 0. The number of hydrogen-bond donors (Lipinski definition) is 0. The van der Waals surface area contributed by atoms with Crippen LogP contribution >= 0.6 is 0 Å². The molecule has 0 spiro atoms. The van der Waals surface area contributed by atoms with Crippen molar-refractivity contribution in [2.24, 2.45) is 0 Å². The molecule has 4 nitrogen and oxygen atoms in total. The second-order valence-electron chi connectivity index (χ2n) is 6.16. The summed E-state index contributed by atoms with van der Waals surface area (Å²) in [4.78, 5) is 14.7. The predicted octanol–water partition coefficient (Wildman–Crippen LogP) is 3.50. The van der Waals surface area contributed by atoms with E-state index in [4.69, 9.17) is 9.47 Å². The number of carbonyl (C=O) groups excluding carboxylic acids is 1. The van der Waals surface area contributed by atoms with Crippen LogP contribution in [-0.2, 0) is 11.2 Å². The van der Waals surface area contributed by atoms with E-state index in [1.54, 1.807) is 0 Å². The largest absolute Gasteiger partial charge is 0.454 e. The van der Waals surface area contributed by atoms with Crippen LogP contribution in [0.4, 0.5) is 5.69 Å². The maximum atomic E-state index is 12.8. The van der Waals surface area contributed by atoms with Gasteiger partial charge in [0, 0.05) is 12.2 Å². The molecule has 1 atom stereocenters. The molecule has 23 heavy (non-hydrogen) atoms. The molecule has 0 aliphatic carbocycles. The summed E-state index contributed by atoms with van der Waals surface area (Å²) >= 11 is 0. The summed E-state index contributed by atoms with van der Waals surface area (Å²) in [7, 11) is 0. The van der Waals surface area contributed by atoms with Crippen molar-refractivity contribution in [1.82, 2.24) is 0 Å². The lowest BCUT2D eigenvalue weighted by atomic mass is 9.91. The third-order valence-corrected chi connectivity index (χ3v) is 4.64. The van der Waals surface area contributed by atoms with E-state index in [1.165, 1.54) is 5.56 Å². The molecule has 4 rings (SSSR count). The Morgan fingerprint density at radius 3 is 2.91 bits per heavy atom. The first-order chi connectivity index (χ1) is 11.2. The first-order valence-electron chi connectivity index (χ1n) is 8.00. The minimum atomic E-state index is 0.128.